The van der Waals surface area contributed by atoms with Crippen LogP contribution in [0.25, 0.3) is 0 Å². The monoisotopic (exact) mass is 354 g/mol. The third-order valence-corrected chi connectivity index (χ3v) is 5.95. The molecule has 1 aliphatic heterocycles. The predicted octanol–water partition coefficient (Wildman–Crippen LogP) is 1.68. The number of imide groups is 1. The van der Waals surface area contributed by atoms with Gasteiger partial charge in [0.2, 0.25) is 17.7 Å². The van der Waals surface area contributed by atoms with Gasteiger partial charge in [-0.1, -0.05) is 24.3 Å². The minimum absolute atomic E-state index is 0.0450. The molecule has 3 aliphatic rings. The van der Waals surface area contributed by atoms with Crippen molar-refractivity contribution in [2.24, 2.45) is 23.7 Å². The molecule has 1 heterocycles. The summed E-state index contributed by atoms with van der Waals surface area (Å²) in [6.07, 6.45) is 5.07. The van der Waals surface area contributed by atoms with Crippen molar-refractivity contribution in [1.82, 2.24) is 10.2 Å². The number of ether oxygens (including phenoxy) is 1. The number of hydrogen-bond acceptors (Lipinski definition) is 4. The topological polar surface area (TPSA) is 75.7 Å². The first-order chi connectivity index (χ1) is 12.5. The molecular formula is C20H22N2O4. The fraction of sp³-hybridized carbons (Fsp3) is 0.450. The number of nitrogens with zero attached hydrogens (tertiary/aromatic N) is 1. The van der Waals surface area contributed by atoms with Crippen LogP contribution in [-0.4, -0.2) is 36.8 Å². The Morgan fingerprint density at radius 3 is 2.46 bits per heavy atom. The molecule has 5 unspecified atom stereocenters. The second-order valence-corrected chi connectivity index (χ2v) is 7.22. The largest absolute Gasteiger partial charge is 0.497 e. The zero-order valence-electron chi connectivity index (χ0n) is 14.8. The summed E-state index contributed by atoms with van der Waals surface area (Å²) < 4.78 is 5.27. The van der Waals surface area contributed by atoms with E-state index in [4.69, 9.17) is 4.74 Å². The Kier molecular flexibility index (Phi) is 4.05. The molecule has 1 N–H and O–H groups in total. The van der Waals surface area contributed by atoms with E-state index in [0.717, 1.165) is 12.0 Å². The number of methoxy groups -OCH3 is 1. The van der Waals surface area contributed by atoms with Gasteiger partial charge in [-0.3, -0.25) is 19.3 Å². The first kappa shape index (κ1) is 16.8. The number of amides is 3. The van der Waals surface area contributed by atoms with Crippen molar-refractivity contribution in [3.8, 4) is 5.75 Å². The smallest absolute Gasteiger partial charge is 0.234 e. The summed E-state index contributed by atoms with van der Waals surface area (Å²) >= 11 is 0. The maximum absolute atomic E-state index is 13.1. The van der Waals surface area contributed by atoms with Gasteiger partial charge < -0.3 is 10.1 Å². The summed E-state index contributed by atoms with van der Waals surface area (Å²) in [7, 11) is 3.12. The second-order valence-electron chi connectivity index (χ2n) is 7.22. The minimum atomic E-state index is -0.616. The van der Waals surface area contributed by atoms with Gasteiger partial charge in [-0.25, -0.2) is 0 Å². The zero-order chi connectivity index (χ0) is 18.4. The SMILES string of the molecule is CNC(=O)CC(c1cccc(OC)c1)N1C(=O)C2C3C=CC(C3)C2C1=O. The molecule has 6 heteroatoms. The number of carbonyl (C=O) groups excluding carboxylic acids is 3. The Labute approximate surface area is 152 Å². The highest BCUT2D eigenvalue weighted by Crippen LogP contribution is 2.54. The average molecular weight is 354 g/mol. The Hall–Kier alpha value is -2.63. The van der Waals surface area contributed by atoms with Crippen molar-refractivity contribution in [2.75, 3.05) is 14.2 Å². The van der Waals surface area contributed by atoms with Crippen LogP contribution < -0.4 is 10.1 Å². The lowest BCUT2D eigenvalue weighted by atomic mass is 9.85. The molecule has 1 aromatic rings. The third-order valence-electron chi connectivity index (χ3n) is 5.95. The molecule has 0 spiro atoms. The molecule has 1 saturated heterocycles. The molecule has 6 nitrogen and oxygen atoms in total. The van der Waals surface area contributed by atoms with Crippen LogP contribution in [0.5, 0.6) is 5.75 Å². The number of likely N-dealkylation sites (tertiary alicyclic amines) is 1. The van der Waals surface area contributed by atoms with Crippen LogP contribution in [0.1, 0.15) is 24.4 Å². The van der Waals surface area contributed by atoms with Crippen molar-refractivity contribution in [1.29, 1.82) is 0 Å². The first-order valence-electron chi connectivity index (χ1n) is 8.95. The van der Waals surface area contributed by atoms with E-state index >= 15 is 0 Å². The predicted molar refractivity (Wildman–Crippen MR) is 94.0 cm³/mol. The standard InChI is InChI=1S/C20H22N2O4/c1-21-16(23)10-15(11-4-3-5-14(9-11)26-2)22-19(24)17-12-6-7-13(8-12)18(17)20(22)25/h3-7,9,12-13,15,17-18H,8,10H2,1-2H3,(H,21,23). The summed E-state index contributed by atoms with van der Waals surface area (Å²) in [6, 6.07) is 6.61. The van der Waals surface area contributed by atoms with Crippen LogP contribution in [0.3, 0.4) is 0 Å². The fourth-order valence-corrected chi connectivity index (χ4v) is 4.72. The fourth-order valence-electron chi connectivity index (χ4n) is 4.72. The number of carbonyl (C=O) groups is 3. The van der Waals surface area contributed by atoms with E-state index in [9.17, 15) is 14.4 Å². The molecule has 3 amide bonds. The van der Waals surface area contributed by atoms with E-state index in [-0.39, 0.29) is 47.8 Å². The van der Waals surface area contributed by atoms with Crippen molar-refractivity contribution in [3.05, 3.63) is 42.0 Å². The maximum Gasteiger partial charge on any atom is 0.234 e. The summed E-state index contributed by atoms with van der Waals surface area (Å²) in [5.74, 6) is -0.107. The van der Waals surface area contributed by atoms with Crippen molar-refractivity contribution >= 4 is 17.7 Å². The Balaban J connectivity index is 1.71. The molecule has 2 aliphatic carbocycles. The Bertz CT molecular complexity index is 773. The van der Waals surface area contributed by atoms with Crippen LogP contribution in [0.2, 0.25) is 0 Å². The van der Waals surface area contributed by atoms with Gasteiger partial charge in [0.05, 0.1) is 31.4 Å². The van der Waals surface area contributed by atoms with E-state index in [1.807, 2.05) is 12.1 Å². The summed E-state index contributed by atoms with van der Waals surface area (Å²) in [6.45, 7) is 0. The van der Waals surface area contributed by atoms with Crippen LogP contribution in [0, 0.1) is 23.7 Å². The van der Waals surface area contributed by atoms with Crippen molar-refractivity contribution in [2.45, 2.75) is 18.9 Å². The average Bonchev–Trinajstić information content (AvgIpc) is 3.34. The van der Waals surface area contributed by atoms with Gasteiger partial charge in [0.1, 0.15) is 5.75 Å². The third kappa shape index (κ3) is 2.43. The van der Waals surface area contributed by atoms with E-state index in [2.05, 4.69) is 17.5 Å². The molecule has 0 radical (unpaired) electrons. The summed E-state index contributed by atoms with van der Waals surface area (Å²) in [4.78, 5) is 39.7. The molecule has 2 bridgehead atoms. The number of hydrogen-bond donors (Lipinski definition) is 1. The highest BCUT2D eigenvalue weighted by atomic mass is 16.5. The minimum Gasteiger partial charge on any atom is -0.497 e. The van der Waals surface area contributed by atoms with Crippen LogP contribution in [-0.2, 0) is 14.4 Å². The van der Waals surface area contributed by atoms with Gasteiger partial charge in [-0.05, 0) is 36.0 Å². The molecular weight excluding hydrogens is 332 g/mol. The molecule has 0 aromatic heterocycles. The summed E-state index contributed by atoms with van der Waals surface area (Å²) in [5.41, 5.74) is 0.731. The lowest BCUT2D eigenvalue weighted by molar-refractivity contribution is -0.144. The lowest BCUT2D eigenvalue weighted by Gasteiger charge is -2.28. The van der Waals surface area contributed by atoms with E-state index < -0.39 is 6.04 Å². The number of fused-ring (bicyclic) bond motifs is 5. The maximum atomic E-state index is 13.1. The van der Waals surface area contributed by atoms with Crippen molar-refractivity contribution in [3.63, 3.8) is 0 Å². The summed E-state index contributed by atoms with van der Waals surface area (Å²) in [5, 5.41) is 2.60. The molecule has 1 saturated carbocycles. The molecule has 5 atom stereocenters. The highest BCUT2D eigenvalue weighted by Gasteiger charge is 2.60. The van der Waals surface area contributed by atoms with Gasteiger partial charge in [0.25, 0.3) is 0 Å². The number of allylic oxidation sites excluding steroid dienone is 2. The molecule has 26 heavy (non-hydrogen) atoms. The molecule has 4 rings (SSSR count). The van der Waals surface area contributed by atoms with Gasteiger partial charge in [-0.2, -0.15) is 0 Å². The van der Waals surface area contributed by atoms with Gasteiger partial charge in [-0.15, -0.1) is 0 Å². The highest BCUT2D eigenvalue weighted by molar-refractivity contribution is 6.07. The second kappa shape index (κ2) is 6.27. The Morgan fingerprint density at radius 1 is 1.23 bits per heavy atom. The van der Waals surface area contributed by atoms with E-state index in [0.29, 0.717) is 5.75 Å². The van der Waals surface area contributed by atoms with Crippen LogP contribution in [0.4, 0.5) is 0 Å². The van der Waals surface area contributed by atoms with Gasteiger partial charge in [0.15, 0.2) is 0 Å². The van der Waals surface area contributed by atoms with Crippen LogP contribution in [0.15, 0.2) is 36.4 Å². The number of rotatable bonds is 5. The van der Waals surface area contributed by atoms with Gasteiger partial charge in [0, 0.05) is 7.05 Å². The Morgan fingerprint density at radius 2 is 1.88 bits per heavy atom. The van der Waals surface area contributed by atoms with Gasteiger partial charge >= 0.3 is 0 Å². The lowest BCUT2D eigenvalue weighted by Crippen LogP contribution is -2.39. The number of benzene rings is 1. The first-order valence-corrected chi connectivity index (χ1v) is 8.95. The van der Waals surface area contributed by atoms with Crippen molar-refractivity contribution < 1.29 is 19.1 Å². The van der Waals surface area contributed by atoms with E-state index in [1.54, 1.807) is 26.3 Å². The normalized spacial score (nSPS) is 29.8. The number of nitrogens with one attached hydrogen (secondary N) is 1. The molecule has 2 fully saturated rings. The van der Waals surface area contributed by atoms with Crippen LogP contribution >= 0.6 is 0 Å². The van der Waals surface area contributed by atoms with E-state index in [1.165, 1.54) is 4.90 Å². The quantitative estimate of drug-likeness (QED) is 0.645. The molecule has 1 aromatic carbocycles. The molecule has 136 valence electrons. The zero-order valence-corrected chi connectivity index (χ0v) is 14.8.